The molecule has 19 heavy (non-hydrogen) atoms. The number of hydrogen-bond donors (Lipinski definition) is 1. The lowest BCUT2D eigenvalue weighted by Crippen LogP contribution is -2.53. The second-order valence-corrected chi connectivity index (χ2v) is 5.71. The number of aryl methyl sites for hydroxylation is 1. The first-order valence-corrected chi connectivity index (χ1v) is 6.85. The summed E-state index contributed by atoms with van der Waals surface area (Å²) in [6, 6.07) is 2.50. The third kappa shape index (κ3) is 2.81. The van der Waals surface area contributed by atoms with Gasteiger partial charge in [-0.15, -0.1) is 0 Å². The zero-order chi connectivity index (χ0) is 14.0. The number of rotatable bonds is 4. The number of nitrogens with one attached hydrogen (secondary N) is 1. The van der Waals surface area contributed by atoms with Crippen molar-refractivity contribution in [3.05, 3.63) is 18.0 Å². The van der Waals surface area contributed by atoms with Crippen LogP contribution in [0.4, 0.5) is 0 Å². The van der Waals surface area contributed by atoms with Gasteiger partial charge in [0.05, 0.1) is 18.8 Å². The molecule has 2 rings (SSSR count). The lowest BCUT2D eigenvalue weighted by Gasteiger charge is -2.30. The van der Waals surface area contributed by atoms with Gasteiger partial charge in [-0.3, -0.25) is 14.8 Å². The molecule has 1 aromatic heterocycles. The molecular weight excluding hydrogens is 242 g/mol. The third-order valence-corrected chi connectivity index (χ3v) is 3.75. The molecule has 1 aliphatic rings. The normalized spacial score (nSPS) is 26.9. The molecule has 1 N–H and O–H groups in total. The average molecular weight is 265 g/mol. The van der Waals surface area contributed by atoms with Crippen LogP contribution in [0.15, 0.2) is 12.3 Å². The summed E-state index contributed by atoms with van der Waals surface area (Å²) < 4.78 is 6.97. The van der Waals surface area contributed by atoms with Gasteiger partial charge in [-0.05, 0) is 46.1 Å². The highest BCUT2D eigenvalue weighted by Gasteiger charge is 2.47. The lowest BCUT2D eigenvalue weighted by molar-refractivity contribution is -0.148. The van der Waals surface area contributed by atoms with Gasteiger partial charge in [-0.1, -0.05) is 0 Å². The molecule has 5 nitrogen and oxygen atoms in total. The van der Waals surface area contributed by atoms with Gasteiger partial charge in [0, 0.05) is 12.2 Å². The molecule has 0 spiro atoms. The van der Waals surface area contributed by atoms with E-state index in [9.17, 15) is 4.79 Å². The maximum Gasteiger partial charge on any atom is 0.326 e. The van der Waals surface area contributed by atoms with Gasteiger partial charge >= 0.3 is 5.97 Å². The van der Waals surface area contributed by atoms with Crippen molar-refractivity contribution in [2.75, 3.05) is 7.11 Å². The van der Waals surface area contributed by atoms with E-state index in [1.54, 1.807) is 0 Å². The SMILES string of the molecule is COC(=O)C1(NC(C)C)CCC(n2ccc(C)n2)C1. The first-order valence-electron chi connectivity index (χ1n) is 6.85. The first-order chi connectivity index (χ1) is 8.97. The molecule has 1 saturated carbocycles. The number of esters is 1. The Morgan fingerprint density at radius 3 is 2.89 bits per heavy atom. The third-order valence-electron chi connectivity index (χ3n) is 3.75. The predicted octanol–water partition coefficient (Wildman–Crippen LogP) is 1.83. The fourth-order valence-electron chi connectivity index (χ4n) is 3.00. The second kappa shape index (κ2) is 5.33. The number of aromatic nitrogens is 2. The van der Waals surface area contributed by atoms with Crippen molar-refractivity contribution in [2.24, 2.45) is 0 Å². The number of carbonyl (C=O) groups is 1. The highest BCUT2D eigenvalue weighted by atomic mass is 16.5. The summed E-state index contributed by atoms with van der Waals surface area (Å²) in [6.45, 7) is 6.08. The molecule has 106 valence electrons. The monoisotopic (exact) mass is 265 g/mol. The van der Waals surface area contributed by atoms with Gasteiger partial charge in [0.15, 0.2) is 0 Å². The largest absolute Gasteiger partial charge is 0.468 e. The zero-order valence-electron chi connectivity index (χ0n) is 12.1. The topological polar surface area (TPSA) is 56.1 Å². The second-order valence-electron chi connectivity index (χ2n) is 5.71. The lowest BCUT2D eigenvalue weighted by atomic mass is 9.96. The summed E-state index contributed by atoms with van der Waals surface area (Å²) in [5.74, 6) is -0.160. The summed E-state index contributed by atoms with van der Waals surface area (Å²) in [7, 11) is 1.46. The molecule has 1 aliphatic carbocycles. The van der Waals surface area contributed by atoms with Crippen molar-refractivity contribution >= 4 is 5.97 Å². The van der Waals surface area contributed by atoms with Crippen LogP contribution in [0.3, 0.4) is 0 Å². The Morgan fingerprint density at radius 1 is 1.63 bits per heavy atom. The van der Waals surface area contributed by atoms with Crippen LogP contribution < -0.4 is 5.32 Å². The minimum atomic E-state index is -0.562. The van der Waals surface area contributed by atoms with Gasteiger partial charge in [0.1, 0.15) is 5.54 Å². The number of nitrogens with zero attached hydrogens (tertiary/aromatic N) is 2. The fraction of sp³-hybridized carbons (Fsp3) is 0.714. The molecule has 1 fully saturated rings. The summed E-state index contributed by atoms with van der Waals surface area (Å²) in [5, 5.41) is 7.86. The minimum Gasteiger partial charge on any atom is -0.468 e. The fourth-order valence-corrected chi connectivity index (χ4v) is 3.00. The van der Waals surface area contributed by atoms with Crippen molar-refractivity contribution < 1.29 is 9.53 Å². The summed E-state index contributed by atoms with van der Waals surface area (Å²) in [4.78, 5) is 12.1. The Bertz CT molecular complexity index is 455. The van der Waals surface area contributed by atoms with E-state index in [2.05, 4.69) is 24.3 Å². The van der Waals surface area contributed by atoms with Crippen molar-refractivity contribution in [1.82, 2.24) is 15.1 Å². The summed E-state index contributed by atoms with van der Waals surface area (Å²) >= 11 is 0. The standard InChI is InChI=1S/C14H23N3O2/c1-10(2)15-14(13(18)19-4)7-5-12(9-14)17-8-6-11(3)16-17/h6,8,10,12,15H,5,7,9H2,1-4H3. The number of methoxy groups -OCH3 is 1. The molecule has 1 heterocycles. The van der Waals surface area contributed by atoms with Gasteiger partial charge in [-0.25, -0.2) is 0 Å². The van der Waals surface area contributed by atoms with Crippen molar-refractivity contribution in [2.45, 2.75) is 57.7 Å². The molecule has 0 bridgehead atoms. The Morgan fingerprint density at radius 2 is 2.37 bits per heavy atom. The average Bonchev–Trinajstić information content (AvgIpc) is 2.95. The maximum atomic E-state index is 12.1. The Hall–Kier alpha value is -1.36. The Labute approximate surface area is 114 Å². The van der Waals surface area contributed by atoms with E-state index in [0.29, 0.717) is 0 Å². The highest BCUT2D eigenvalue weighted by molar-refractivity contribution is 5.81. The predicted molar refractivity (Wildman–Crippen MR) is 72.9 cm³/mol. The van der Waals surface area contributed by atoms with Crippen LogP contribution in [0, 0.1) is 6.92 Å². The van der Waals surface area contributed by atoms with E-state index < -0.39 is 5.54 Å². The van der Waals surface area contributed by atoms with E-state index in [1.807, 2.05) is 23.9 Å². The van der Waals surface area contributed by atoms with E-state index in [-0.39, 0.29) is 18.1 Å². The molecule has 0 saturated heterocycles. The van der Waals surface area contributed by atoms with E-state index in [0.717, 1.165) is 25.0 Å². The number of ether oxygens (including phenoxy) is 1. The van der Waals surface area contributed by atoms with Crippen LogP contribution in [0.5, 0.6) is 0 Å². The van der Waals surface area contributed by atoms with Crippen LogP contribution in [-0.4, -0.2) is 34.4 Å². The molecule has 1 aromatic rings. The minimum absolute atomic E-state index is 0.160. The van der Waals surface area contributed by atoms with Crippen molar-refractivity contribution in [1.29, 1.82) is 0 Å². The summed E-state index contributed by atoms with van der Waals surface area (Å²) in [6.07, 6.45) is 4.46. The Kier molecular flexibility index (Phi) is 3.94. The van der Waals surface area contributed by atoms with E-state index in [1.165, 1.54) is 7.11 Å². The molecule has 2 unspecified atom stereocenters. The molecule has 0 aromatic carbocycles. The van der Waals surface area contributed by atoms with Crippen LogP contribution in [0.25, 0.3) is 0 Å². The van der Waals surface area contributed by atoms with Gasteiger partial charge in [0.25, 0.3) is 0 Å². The number of carbonyl (C=O) groups excluding carboxylic acids is 1. The van der Waals surface area contributed by atoms with Crippen LogP contribution in [0.2, 0.25) is 0 Å². The number of hydrogen-bond acceptors (Lipinski definition) is 4. The zero-order valence-corrected chi connectivity index (χ0v) is 12.1. The molecule has 2 atom stereocenters. The quantitative estimate of drug-likeness (QED) is 0.844. The van der Waals surface area contributed by atoms with Crippen molar-refractivity contribution in [3.8, 4) is 0 Å². The van der Waals surface area contributed by atoms with Crippen LogP contribution >= 0.6 is 0 Å². The maximum absolute atomic E-state index is 12.1. The molecule has 5 heteroatoms. The van der Waals surface area contributed by atoms with E-state index >= 15 is 0 Å². The van der Waals surface area contributed by atoms with Gasteiger partial charge in [-0.2, -0.15) is 5.10 Å². The highest BCUT2D eigenvalue weighted by Crippen LogP contribution is 2.38. The molecule has 0 aliphatic heterocycles. The van der Waals surface area contributed by atoms with Crippen molar-refractivity contribution in [3.63, 3.8) is 0 Å². The molecular formula is C14H23N3O2. The van der Waals surface area contributed by atoms with Crippen LogP contribution in [-0.2, 0) is 9.53 Å². The smallest absolute Gasteiger partial charge is 0.326 e. The van der Waals surface area contributed by atoms with Crippen LogP contribution in [0.1, 0.15) is 44.8 Å². The Balaban J connectivity index is 2.17. The molecule has 0 amide bonds. The molecule has 0 radical (unpaired) electrons. The summed E-state index contributed by atoms with van der Waals surface area (Å²) in [5.41, 5.74) is 0.445. The van der Waals surface area contributed by atoms with E-state index in [4.69, 9.17) is 4.74 Å². The van der Waals surface area contributed by atoms with Gasteiger partial charge < -0.3 is 4.74 Å². The first kappa shape index (κ1) is 14.1. The van der Waals surface area contributed by atoms with Gasteiger partial charge in [0.2, 0.25) is 0 Å².